The van der Waals surface area contributed by atoms with E-state index in [1.165, 1.54) is 34.2 Å². The Morgan fingerprint density at radius 1 is 0.864 bits per heavy atom. The van der Waals surface area contributed by atoms with E-state index in [1.54, 1.807) is 0 Å². The molecule has 0 atom stereocenters. The van der Waals surface area contributed by atoms with Crippen LogP contribution in [0, 0.1) is 0 Å². The van der Waals surface area contributed by atoms with Gasteiger partial charge in [0.2, 0.25) is 0 Å². The third kappa shape index (κ3) is 2.63. The Morgan fingerprint density at radius 2 is 1.50 bits per heavy atom. The standard InChI is InChI=1S/C22H26/c1-16(13-17-9-7-6-8-10-17)18-11-12-19-20(14-18)22(4,5)15-21(19,2)3/h6-14H,15H2,1-5H3/b16-13+. The van der Waals surface area contributed by atoms with Crippen LogP contribution in [0.2, 0.25) is 0 Å². The first-order valence-electron chi connectivity index (χ1n) is 8.18. The third-order valence-electron chi connectivity index (χ3n) is 5.00. The van der Waals surface area contributed by atoms with Crippen LogP contribution in [0.4, 0.5) is 0 Å². The average molecular weight is 290 g/mol. The van der Waals surface area contributed by atoms with Crippen LogP contribution >= 0.6 is 0 Å². The molecule has 2 aromatic carbocycles. The maximum Gasteiger partial charge on any atom is -0.00921 e. The van der Waals surface area contributed by atoms with Gasteiger partial charge in [0.15, 0.2) is 0 Å². The van der Waals surface area contributed by atoms with Gasteiger partial charge in [-0.1, -0.05) is 82.3 Å². The quantitative estimate of drug-likeness (QED) is 0.577. The molecule has 2 aromatic rings. The van der Waals surface area contributed by atoms with Gasteiger partial charge in [-0.05, 0) is 52.0 Å². The first kappa shape index (κ1) is 15.1. The SMILES string of the molecule is C/C(=C\c1ccccc1)c1ccc2c(c1)C(C)(C)CC2(C)C. The van der Waals surface area contributed by atoms with Crippen molar-refractivity contribution in [2.75, 3.05) is 0 Å². The van der Waals surface area contributed by atoms with E-state index in [9.17, 15) is 0 Å². The Bertz CT molecular complexity index is 715. The highest BCUT2D eigenvalue weighted by Crippen LogP contribution is 2.49. The van der Waals surface area contributed by atoms with Gasteiger partial charge in [-0.15, -0.1) is 0 Å². The topological polar surface area (TPSA) is 0 Å². The molecule has 22 heavy (non-hydrogen) atoms. The van der Waals surface area contributed by atoms with Crippen molar-refractivity contribution in [2.24, 2.45) is 0 Å². The molecule has 0 aromatic heterocycles. The minimum Gasteiger partial charge on any atom is -0.0622 e. The lowest BCUT2D eigenvalue weighted by Gasteiger charge is -2.22. The highest BCUT2D eigenvalue weighted by molar-refractivity contribution is 5.80. The first-order chi connectivity index (χ1) is 10.3. The van der Waals surface area contributed by atoms with Crippen molar-refractivity contribution in [3.8, 4) is 0 Å². The maximum absolute atomic E-state index is 2.42. The maximum atomic E-state index is 2.42. The van der Waals surface area contributed by atoms with Crippen molar-refractivity contribution < 1.29 is 0 Å². The summed E-state index contributed by atoms with van der Waals surface area (Å²) in [4.78, 5) is 0. The zero-order chi connectivity index (χ0) is 16.0. The van der Waals surface area contributed by atoms with Gasteiger partial charge in [-0.25, -0.2) is 0 Å². The van der Waals surface area contributed by atoms with Crippen molar-refractivity contribution >= 4 is 11.6 Å². The monoisotopic (exact) mass is 290 g/mol. The second-order valence-corrected chi connectivity index (χ2v) is 7.94. The van der Waals surface area contributed by atoms with E-state index < -0.39 is 0 Å². The molecule has 0 nitrogen and oxygen atoms in total. The van der Waals surface area contributed by atoms with E-state index in [0.717, 1.165) is 0 Å². The van der Waals surface area contributed by atoms with E-state index in [4.69, 9.17) is 0 Å². The number of fused-ring (bicyclic) bond motifs is 1. The Balaban J connectivity index is 2.03. The normalized spacial score (nSPS) is 19.0. The number of allylic oxidation sites excluding steroid dienone is 1. The molecular formula is C22H26. The summed E-state index contributed by atoms with van der Waals surface area (Å²) in [5.74, 6) is 0. The lowest BCUT2D eigenvalue weighted by atomic mass is 9.82. The average Bonchev–Trinajstić information content (AvgIpc) is 2.65. The summed E-state index contributed by atoms with van der Waals surface area (Å²) in [7, 11) is 0. The molecule has 0 saturated heterocycles. The van der Waals surface area contributed by atoms with Crippen molar-refractivity contribution in [3.05, 3.63) is 70.8 Å². The van der Waals surface area contributed by atoms with Crippen LogP contribution < -0.4 is 0 Å². The summed E-state index contributed by atoms with van der Waals surface area (Å²) < 4.78 is 0. The van der Waals surface area contributed by atoms with Gasteiger partial charge in [-0.2, -0.15) is 0 Å². The van der Waals surface area contributed by atoms with E-state index in [-0.39, 0.29) is 10.8 Å². The largest absolute Gasteiger partial charge is 0.0622 e. The molecule has 0 spiro atoms. The van der Waals surface area contributed by atoms with E-state index in [0.29, 0.717) is 0 Å². The molecule has 0 heteroatoms. The Kier molecular flexibility index (Phi) is 3.51. The molecule has 0 saturated carbocycles. The van der Waals surface area contributed by atoms with Crippen LogP contribution in [-0.4, -0.2) is 0 Å². The molecule has 3 rings (SSSR count). The molecule has 0 aliphatic heterocycles. The van der Waals surface area contributed by atoms with Gasteiger partial charge in [0, 0.05) is 0 Å². The summed E-state index contributed by atoms with van der Waals surface area (Å²) in [5, 5.41) is 0. The summed E-state index contributed by atoms with van der Waals surface area (Å²) >= 11 is 0. The van der Waals surface area contributed by atoms with E-state index in [1.807, 2.05) is 0 Å². The van der Waals surface area contributed by atoms with Gasteiger partial charge in [-0.3, -0.25) is 0 Å². The van der Waals surface area contributed by atoms with Crippen LogP contribution in [0.3, 0.4) is 0 Å². The number of rotatable bonds is 2. The predicted octanol–water partition coefficient (Wildman–Crippen LogP) is 6.21. The number of hydrogen-bond donors (Lipinski definition) is 0. The molecule has 0 N–H and O–H groups in total. The highest BCUT2D eigenvalue weighted by atomic mass is 14.5. The zero-order valence-electron chi connectivity index (χ0n) is 14.4. The fraction of sp³-hybridized carbons (Fsp3) is 0.364. The van der Waals surface area contributed by atoms with E-state index >= 15 is 0 Å². The second kappa shape index (κ2) is 5.12. The Morgan fingerprint density at radius 3 is 2.18 bits per heavy atom. The highest BCUT2D eigenvalue weighted by Gasteiger charge is 2.41. The van der Waals surface area contributed by atoms with Gasteiger partial charge in [0.25, 0.3) is 0 Å². The fourth-order valence-electron chi connectivity index (χ4n) is 4.12. The predicted molar refractivity (Wildman–Crippen MR) is 97.1 cm³/mol. The van der Waals surface area contributed by atoms with Crippen molar-refractivity contribution in [2.45, 2.75) is 51.9 Å². The molecule has 0 heterocycles. The van der Waals surface area contributed by atoms with Crippen LogP contribution in [0.15, 0.2) is 48.5 Å². The second-order valence-electron chi connectivity index (χ2n) is 7.94. The minimum atomic E-state index is 0.266. The molecule has 0 radical (unpaired) electrons. The van der Waals surface area contributed by atoms with E-state index in [2.05, 4.69) is 89.2 Å². The first-order valence-corrected chi connectivity index (χ1v) is 8.18. The molecular weight excluding hydrogens is 264 g/mol. The molecule has 0 unspecified atom stereocenters. The molecule has 114 valence electrons. The minimum absolute atomic E-state index is 0.266. The Hall–Kier alpha value is -1.82. The molecule has 0 bridgehead atoms. The molecule has 1 aliphatic rings. The lowest BCUT2D eigenvalue weighted by Crippen LogP contribution is -2.17. The van der Waals surface area contributed by atoms with Gasteiger partial charge in [0.05, 0.1) is 0 Å². The van der Waals surface area contributed by atoms with Crippen molar-refractivity contribution in [1.29, 1.82) is 0 Å². The van der Waals surface area contributed by atoms with Crippen LogP contribution in [0.1, 0.15) is 63.3 Å². The lowest BCUT2D eigenvalue weighted by molar-refractivity contribution is 0.403. The number of hydrogen-bond acceptors (Lipinski definition) is 0. The van der Waals surface area contributed by atoms with Gasteiger partial charge < -0.3 is 0 Å². The van der Waals surface area contributed by atoms with Crippen molar-refractivity contribution in [1.82, 2.24) is 0 Å². The summed E-state index contributed by atoms with van der Waals surface area (Å²) in [6.07, 6.45) is 3.50. The smallest absolute Gasteiger partial charge is 0.00921 e. The summed E-state index contributed by atoms with van der Waals surface area (Å²) in [6.45, 7) is 11.7. The number of benzene rings is 2. The van der Waals surface area contributed by atoms with Crippen LogP contribution in [0.25, 0.3) is 11.6 Å². The zero-order valence-corrected chi connectivity index (χ0v) is 14.4. The van der Waals surface area contributed by atoms with Crippen molar-refractivity contribution in [3.63, 3.8) is 0 Å². The van der Waals surface area contributed by atoms with Gasteiger partial charge in [0.1, 0.15) is 0 Å². The third-order valence-corrected chi connectivity index (χ3v) is 5.00. The van der Waals surface area contributed by atoms with Gasteiger partial charge >= 0.3 is 0 Å². The van der Waals surface area contributed by atoms with Crippen LogP contribution in [-0.2, 0) is 10.8 Å². The molecule has 0 fully saturated rings. The fourth-order valence-corrected chi connectivity index (χ4v) is 4.12. The summed E-state index contributed by atoms with van der Waals surface area (Å²) in [5.41, 5.74) is 7.53. The summed E-state index contributed by atoms with van der Waals surface area (Å²) in [6, 6.07) is 17.6. The molecule has 1 aliphatic carbocycles. The Labute approximate surface area is 134 Å². The molecule has 0 amide bonds. The van der Waals surface area contributed by atoms with Crippen LogP contribution in [0.5, 0.6) is 0 Å².